The van der Waals surface area contributed by atoms with Gasteiger partial charge in [0.05, 0.1) is 11.4 Å². The fraction of sp³-hybridized carbons (Fsp3) is 0.208. The number of hydrogen-bond acceptors (Lipinski definition) is 4. The smallest absolute Gasteiger partial charge is 0.415 e. The molecule has 3 aromatic rings. The quantitative estimate of drug-likeness (QED) is 0.649. The Morgan fingerprint density at radius 2 is 1.63 bits per heavy atom. The van der Waals surface area contributed by atoms with Crippen LogP contribution in [0.25, 0.3) is 17.2 Å². The second-order valence-electron chi connectivity index (χ2n) is 7.52. The van der Waals surface area contributed by atoms with Gasteiger partial charge >= 0.3 is 6.09 Å². The summed E-state index contributed by atoms with van der Waals surface area (Å²) in [5.41, 5.74) is 2.53. The number of nitrogens with zero attached hydrogens (tertiary/aromatic N) is 3. The molecule has 0 aliphatic carbocycles. The highest BCUT2D eigenvalue weighted by molar-refractivity contribution is 5.90. The maximum Gasteiger partial charge on any atom is 0.415 e. The van der Waals surface area contributed by atoms with Gasteiger partial charge in [0, 0.05) is 37.9 Å². The number of hydrogen-bond donors (Lipinski definition) is 0. The van der Waals surface area contributed by atoms with Crippen LogP contribution in [0.15, 0.2) is 72.9 Å². The molecule has 2 aliphatic heterocycles. The zero-order chi connectivity index (χ0) is 20.5. The zero-order valence-corrected chi connectivity index (χ0v) is 16.8. The van der Waals surface area contributed by atoms with Gasteiger partial charge < -0.3 is 23.8 Å². The Kier molecular flexibility index (Phi) is 4.77. The first-order chi connectivity index (χ1) is 14.7. The number of para-hydroxylation sites is 2. The average Bonchev–Trinajstić information content (AvgIpc) is 3.22. The molecular formula is C24H23N3O3. The summed E-state index contributed by atoms with van der Waals surface area (Å²) in [6, 6.07) is 21.5. The Morgan fingerprint density at radius 3 is 2.43 bits per heavy atom. The van der Waals surface area contributed by atoms with E-state index >= 15 is 0 Å². The summed E-state index contributed by atoms with van der Waals surface area (Å²) >= 11 is 0. The molecule has 0 unspecified atom stereocenters. The lowest BCUT2D eigenvalue weighted by Crippen LogP contribution is -2.47. The molecule has 152 valence electrons. The number of likely N-dealkylation sites (N-methyl/N-ethyl adjacent to an activating group) is 1. The number of ether oxygens (including phenoxy) is 2. The van der Waals surface area contributed by atoms with Crippen molar-refractivity contribution in [2.45, 2.75) is 0 Å². The van der Waals surface area contributed by atoms with Gasteiger partial charge in [-0.25, -0.2) is 4.79 Å². The normalized spacial score (nSPS) is 16.4. The fourth-order valence-electron chi connectivity index (χ4n) is 3.81. The molecular weight excluding hydrogens is 378 g/mol. The first-order valence-corrected chi connectivity index (χ1v) is 10.1. The van der Waals surface area contributed by atoms with Crippen molar-refractivity contribution in [3.05, 3.63) is 84.2 Å². The van der Waals surface area contributed by atoms with Gasteiger partial charge in [-0.1, -0.05) is 42.5 Å². The molecule has 0 radical (unpaired) electrons. The number of carbonyl (C=O) groups excluding carboxylic acids is 1. The number of amides is 1. The summed E-state index contributed by atoms with van der Waals surface area (Å²) in [7, 11) is 2.06. The second-order valence-corrected chi connectivity index (χ2v) is 7.52. The Morgan fingerprint density at radius 1 is 0.900 bits per heavy atom. The predicted octanol–water partition coefficient (Wildman–Crippen LogP) is 4.08. The molecule has 3 heterocycles. The van der Waals surface area contributed by atoms with E-state index in [1.54, 1.807) is 4.90 Å². The summed E-state index contributed by atoms with van der Waals surface area (Å²) in [5.74, 6) is 1.66. The molecule has 30 heavy (non-hydrogen) atoms. The number of benzene rings is 2. The molecule has 1 amide bonds. The molecule has 0 N–H and O–H groups in total. The van der Waals surface area contributed by atoms with Gasteiger partial charge in [0.25, 0.3) is 0 Å². The first-order valence-electron chi connectivity index (χ1n) is 10.1. The Balaban J connectivity index is 1.61. The van der Waals surface area contributed by atoms with Crippen LogP contribution in [0.1, 0.15) is 11.3 Å². The van der Waals surface area contributed by atoms with Crippen molar-refractivity contribution in [3.63, 3.8) is 0 Å². The van der Waals surface area contributed by atoms with Crippen LogP contribution in [0.3, 0.4) is 0 Å². The molecule has 2 aliphatic rings. The van der Waals surface area contributed by atoms with E-state index in [0.29, 0.717) is 30.4 Å². The molecule has 0 saturated carbocycles. The highest BCUT2D eigenvalue weighted by Gasteiger charge is 2.29. The Labute approximate surface area is 175 Å². The summed E-state index contributed by atoms with van der Waals surface area (Å²) in [6.07, 6.45) is 1.60. The maximum atomic E-state index is 13.1. The van der Waals surface area contributed by atoms with E-state index in [1.165, 1.54) is 0 Å². The van der Waals surface area contributed by atoms with Crippen LogP contribution in [0.5, 0.6) is 5.75 Å². The van der Waals surface area contributed by atoms with E-state index in [-0.39, 0.29) is 6.09 Å². The largest absolute Gasteiger partial charge is 0.451 e. The second kappa shape index (κ2) is 7.72. The van der Waals surface area contributed by atoms with Crippen LogP contribution in [0.2, 0.25) is 0 Å². The third-order valence-corrected chi connectivity index (χ3v) is 5.51. The maximum absolute atomic E-state index is 13.1. The van der Waals surface area contributed by atoms with Crippen molar-refractivity contribution in [1.82, 2.24) is 14.4 Å². The van der Waals surface area contributed by atoms with Gasteiger partial charge in [-0.3, -0.25) is 0 Å². The highest BCUT2D eigenvalue weighted by Crippen LogP contribution is 2.38. The lowest BCUT2D eigenvalue weighted by atomic mass is 10.1. The molecule has 0 spiro atoms. The van der Waals surface area contributed by atoms with Crippen LogP contribution in [-0.2, 0) is 4.74 Å². The van der Waals surface area contributed by atoms with Gasteiger partial charge in [0.2, 0.25) is 0 Å². The minimum Gasteiger partial charge on any atom is -0.451 e. The number of carbonyl (C=O) groups is 1. The molecule has 2 aromatic carbocycles. The molecule has 0 bridgehead atoms. The Hall–Kier alpha value is -3.51. The van der Waals surface area contributed by atoms with Gasteiger partial charge in [0.1, 0.15) is 0 Å². The van der Waals surface area contributed by atoms with Gasteiger partial charge in [-0.2, -0.15) is 0 Å². The van der Waals surface area contributed by atoms with Crippen molar-refractivity contribution in [2.24, 2.45) is 0 Å². The summed E-state index contributed by atoms with van der Waals surface area (Å²) in [5, 5.41) is 0. The number of piperazine rings is 1. The highest BCUT2D eigenvalue weighted by atomic mass is 16.6. The van der Waals surface area contributed by atoms with Crippen LogP contribution < -0.4 is 4.74 Å². The van der Waals surface area contributed by atoms with E-state index in [0.717, 1.165) is 30.0 Å². The molecule has 6 nitrogen and oxygen atoms in total. The monoisotopic (exact) mass is 401 g/mol. The summed E-state index contributed by atoms with van der Waals surface area (Å²) in [6.45, 7) is 2.95. The average molecular weight is 401 g/mol. The van der Waals surface area contributed by atoms with E-state index < -0.39 is 0 Å². The van der Waals surface area contributed by atoms with E-state index in [2.05, 4.69) is 11.9 Å². The van der Waals surface area contributed by atoms with Gasteiger partial charge in [-0.05, 0) is 31.3 Å². The fourth-order valence-corrected chi connectivity index (χ4v) is 3.81. The molecule has 5 rings (SSSR count). The number of aromatic nitrogens is 1. The van der Waals surface area contributed by atoms with Crippen molar-refractivity contribution in [2.75, 3.05) is 33.2 Å². The van der Waals surface area contributed by atoms with Crippen molar-refractivity contribution < 1.29 is 14.3 Å². The van der Waals surface area contributed by atoms with Crippen molar-refractivity contribution in [3.8, 4) is 11.4 Å². The SMILES string of the molecule is CN1CCN(C(=O)OC2=C(c3ccccc3)Oc3ccccc3-n3cccc32)CC1. The standard InChI is InChI=1S/C24H23N3O3/c1-25-14-16-26(17-15-25)24(28)30-23-20-11-7-13-27(20)19-10-5-6-12-21(19)29-22(23)18-8-3-2-4-9-18/h2-13H,14-17H2,1H3. The van der Waals surface area contributed by atoms with E-state index in [4.69, 9.17) is 9.47 Å². The molecule has 0 atom stereocenters. The number of rotatable bonds is 2. The zero-order valence-electron chi connectivity index (χ0n) is 16.8. The topological polar surface area (TPSA) is 46.9 Å². The van der Waals surface area contributed by atoms with Crippen LogP contribution >= 0.6 is 0 Å². The molecule has 1 fully saturated rings. The van der Waals surface area contributed by atoms with Crippen LogP contribution in [-0.4, -0.2) is 53.7 Å². The van der Waals surface area contributed by atoms with E-state index in [1.807, 2.05) is 77.5 Å². The summed E-state index contributed by atoms with van der Waals surface area (Å²) in [4.78, 5) is 17.0. The third-order valence-electron chi connectivity index (χ3n) is 5.51. The minimum absolute atomic E-state index is 0.353. The van der Waals surface area contributed by atoms with Gasteiger partial charge in [-0.15, -0.1) is 0 Å². The molecule has 6 heteroatoms. The van der Waals surface area contributed by atoms with Crippen LogP contribution in [0, 0.1) is 0 Å². The first kappa shape index (κ1) is 18.5. The predicted molar refractivity (Wildman–Crippen MR) is 115 cm³/mol. The third kappa shape index (κ3) is 3.35. The lowest BCUT2D eigenvalue weighted by molar-refractivity contribution is 0.113. The van der Waals surface area contributed by atoms with E-state index in [9.17, 15) is 4.79 Å². The molecule has 1 saturated heterocycles. The number of fused-ring (bicyclic) bond motifs is 3. The lowest BCUT2D eigenvalue weighted by Gasteiger charge is -2.31. The molecule has 1 aromatic heterocycles. The minimum atomic E-state index is -0.353. The van der Waals surface area contributed by atoms with Crippen molar-refractivity contribution >= 4 is 17.6 Å². The van der Waals surface area contributed by atoms with Crippen LogP contribution in [0.4, 0.5) is 4.79 Å². The van der Waals surface area contributed by atoms with Gasteiger partial charge in [0.15, 0.2) is 17.3 Å². The van der Waals surface area contributed by atoms with Crippen molar-refractivity contribution in [1.29, 1.82) is 0 Å². The Bertz CT molecular complexity index is 1100. The summed E-state index contributed by atoms with van der Waals surface area (Å²) < 4.78 is 14.4.